The van der Waals surface area contributed by atoms with Gasteiger partial charge >= 0.3 is 17.9 Å². The number of allylic oxidation sites excluding steroid dienone is 20. The van der Waals surface area contributed by atoms with Crippen LogP contribution in [0.3, 0.4) is 0 Å². The van der Waals surface area contributed by atoms with Crippen LogP contribution in [-0.2, 0) is 28.6 Å². The molecule has 0 saturated carbocycles. The first-order valence-electron chi connectivity index (χ1n) is 23.6. The number of carbonyl (C=O) groups is 3. The standard InChI is InChI=1S/C54H84O6/c1-4-7-10-13-16-19-22-25-26-27-30-32-35-38-41-44-47-53(56)59-50-51(60-54(57)48-45-42-39-36-33-29-24-21-18-15-12-9-6-3)49-58-52(55)46-43-40-37-34-31-28-23-20-17-14-11-8-5-2/h7-12,14-21,23-26,29,33,51H,4-6,13,22,27-28,30-32,34-50H2,1-3H3/b10-7-,11-8-,12-9-,17-14-,18-15-,19-16-,23-20-,24-21-,26-25-,33-29-. The number of esters is 3. The fourth-order valence-electron chi connectivity index (χ4n) is 5.88. The van der Waals surface area contributed by atoms with Gasteiger partial charge in [0.15, 0.2) is 6.10 Å². The summed E-state index contributed by atoms with van der Waals surface area (Å²) in [5.74, 6) is -0.997. The summed E-state index contributed by atoms with van der Waals surface area (Å²) in [6.07, 6.45) is 64.6. The van der Waals surface area contributed by atoms with Crippen molar-refractivity contribution < 1.29 is 28.6 Å². The summed E-state index contributed by atoms with van der Waals surface area (Å²) < 4.78 is 16.7. The lowest BCUT2D eigenvalue weighted by Crippen LogP contribution is -2.30. The van der Waals surface area contributed by atoms with E-state index in [1.165, 1.54) is 12.8 Å². The topological polar surface area (TPSA) is 78.9 Å². The van der Waals surface area contributed by atoms with Crippen LogP contribution in [0.15, 0.2) is 122 Å². The van der Waals surface area contributed by atoms with Crippen molar-refractivity contribution in [2.75, 3.05) is 13.2 Å². The lowest BCUT2D eigenvalue weighted by Gasteiger charge is -2.18. The SMILES string of the molecule is CC\C=C/C=C\C=C/C=C\CCCCCC(=O)OC(COC(=O)CCCCCCC\C=C/C=C\C=C/CC)COC(=O)CCCCCCCC/C=C\C/C=C\C/C=C\CC. The minimum atomic E-state index is -0.815. The highest BCUT2D eigenvalue weighted by atomic mass is 16.6. The predicted molar refractivity (Wildman–Crippen MR) is 256 cm³/mol. The maximum Gasteiger partial charge on any atom is 0.306 e. The quantitative estimate of drug-likeness (QED) is 0.0201. The van der Waals surface area contributed by atoms with Crippen molar-refractivity contribution >= 4 is 17.9 Å². The molecule has 0 aromatic heterocycles. The van der Waals surface area contributed by atoms with E-state index in [1.54, 1.807) is 0 Å². The molecule has 1 unspecified atom stereocenters. The van der Waals surface area contributed by atoms with Gasteiger partial charge in [0.25, 0.3) is 0 Å². The van der Waals surface area contributed by atoms with Gasteiger partial charge < -0.3 is 14.2 Å². The molecular weight excluding hydrogens is 745 g/mol. The van der Waals surface area contributed by atoms with Crippen molar-refractivity contribution in [1.82, 2.24) is 0 Å². The molecule has 60 heavy (non-hydrogen) atoms. The monoisotopic (exact) mass is 829 g/mol. The van der Waals surface area contributed by atoms with Crippen molar-refractivity contribution in [2.45, 2.75) is 187 Å². The van der Waals surface area contributed by atoms with Gasteiger partial charge in [0.1, 0.15) is 13.2 Å². The highest BCUT2D eigenvalue weighted by Gasteiger charge is 2.19. The van der Waals surface area contributed by atoms with Gasteiger partial charge in [-0.05, 0) is 89.9 Å². The normalized spacial score (nSPS) is 13.2. The van der Waals surface area contributed by atoms with Crippen LogP contribution in [0.5, 0.6) is 0 Å². The Morgan fingerprint density at radius 2 is 0.683 bits per heavy atom. The molecule has 0 aliphatic carbocycles. The predicted octanol–water partition coefficient (Wildman–Crippen LogP) is 15.4. The third-order valence-corrected chi connectivity index (χ3v) is 9.35. The molecule has 0 fully saturated rings. The van der Waals surface area contributed by atoms with Gasteiger partial charge in [-0.1, -0.05) is 194 Å². The first kappa shape index (κ1) is 55.8. The maximum atomic E-state index is 12.7. The van der Waals surface area contributed by atoms with Gasteiger partial charge in [-0.2, -0.15) is 0 Å². The summed E-state index contributed by atoms with van der Waals surface area (Å²) >= 11 is 0. The van der Waals surface area contributed by atoms with Crippen molar-refractivity contribution in [3.05, 3.63) is 122 Å². The Kier molecular flexibility index (Phi) is 44.2. The Morgan fingerprint density at radius 1 is 0.350 bits per heavy atom. The molecule has 6 nitrogen and oxygen atoms in total. The van der Waals surface area contributed by atoms with Crippen molar-refractivity contribution in [2.24, 2.45) is 0 Å². The van der Waals surface area contributed by atoms with E-state index in [9.17, 15) is 14.4 Å². The maximum absolute atomic E-state index is 12.7. The largest absolute Gasteiger partial charge is 0.462 e. The van der Waals surface area contributed by atoms with Gasteiger partial charge in [0.2, 0.25) is 0 Å². The molecule has 0 N–H and O–H groups in total. The fraction of sp³-hybridized carbons (Fsp3) is 0.574. The molecule has 0 heterocycles. The van der Waals surface area contributed by atoms with Crippen LogP contribution >= 0.6 is 0 Å². The molecule has 6 heteroatoms. The Hall–Kier alpha value is -4.19. The van der Waals surface area contributed by atoms with E-state index in [2.05, 4.69) is 99.8 Å². The first-order valence-corrected chi connectivity index (χ1v) is 23.6. The molecule has 0 aromatic carbocycles. The second-order valence-electron chi connectivity index (χ2n) is 15.0. The molecule has 0 saturated heterocycles. The molecule has 0 bridgehead atoms. The first-order chi connectivity index (χ1) is 29.5. The second kappa shape index (κ2) is 47.5. The van der Waals surface area contributed by atoms with Crippen molar-refractivity contribution in [3.63, 3.8) is 0 Å². The molecule has 0 aliphatic rings. The fourth-order valence-corrected chi connectivity index (χ4v) is 5.88. The van der Waals surface area contributed by atoms with Crippen LogP contribution in [0, 0.1) is 0 Å². The van der Waals surface area contributed by atoms with Gasteiger partial charge in [0.05, 0.1) is 0 Å². The smallest absolute Gasteiger partial charge is 0.306 e. The van der Waals surface area contributed by atoms with E-state index in [0.717, 1.165) is 122 Å². The molecule has 0 rings (SSSR count). The van der Waals surface area contributed by atoms with Crippen LogP contribution in [0.2, 0.25) is 0 Å². The van der Waals surface area contributed by atoms with E-state index in [4.69, 9.17) is 14.2 Å². The number of ether oxygens (including phenoxy) is 3. The van der Waals surface area contributed by atoms with E-state index in [-0.39, 0.29) is 37.5 Å². The molecule has 0 aliphatic heterocycles. The van der Waals surface area contributed by atoms with Crippen molar-refractivity contribution in [3.8, 4) is 0 Å². The van der Waals surface area contributed by atoms with Crippen molar-refractivity contribution in [1.29, 1.82) is 0 Å². The van der Waals surface area contributed by atoms with Crippen LogP contribution in [0.4, 0.5) is 0 Å². The summed E-state index contributed by atoms with van der Waals surface area (Å²) in [6.45, 7) is 6.16. The van der Waals surface area contributed by atoms with Crippen LogP contribution in [0.1, 0.15) is 181 Å². The van der Waals surface area contributed by atoms with E-state index >= 15 is 0 Å². The molecule has 0 spiro atoms. The Balaban J connectivity index is 4.52. The number of hydrogen-bond acceptors (Lipinski definition) is 6. The Morgan fingerprint density at radius 3 is 1.15 bits per heavy atom. The summed E-state index contributed by atoms with van der Waals surface area (Å²) in [5, 5.41) is 0. The second-order valence-corrected chi connectivity index (χ2v) is 15.0. The molecule has 336 valence electrons. The Bertz CT molecular complexity index is 1320. The molecular formula is C54H84O6. The molecule has 0 radical (unpaired) electrons. The average molecular weight is 829 g/mol. The number of hydrogen-bond donors (Lipinski definition) is 0. The third kappa shape index (κ3) is 44.9. The van der Waals surface area contributed by atoms with E-state index < -0.39 is 6.10 Å². The number of rotatable bonds is 40. The van der Waals surface area contributed by atoms with Crippen LogP contribution in [-0.4, -0.2) is 37.2 Å². The summed E-state index contributed by atoms with van der Waals surface area (Å²) in [5.41, 5.74) is 0. The van der Waals surface area contributed by atoms with Gasteiger partial charge in [-0.3, -0.25) is 14.4 Å². The molecule has 1 atom stereocenters. The zero-order valence-corrected chi connectivity index (χ0v) is 38.2. The zero-order chi connectivity index (χ0) is 43.7. The number of unbranched alkanes of at least 4 members (excludes halogenated alkanes) is 14. The van der Waals surface area contributed by atoms with Gasteiger partial charge in [0, 0.05) is 19.3 Å². The summed E-state index contributed by atoms with van der Waals surface area (Å²) in [7, 11) is 0. The van der Waals surface area contributed by atoms with Gasteiger partial charge in [-0.15, -0.1) is 0 Å². The summed E-state index contributed by atoms with van der Waals surface area (Å²) in [4.78, 5) is 37.8. The minimum Gasteiger partial charge on any atom is -0.462 e. The van der Waals surface area contributed by atoms with Crippen LogP contribution in [0.25, 0.3) is 0 Å². The highest BCUT2D eigenvalue weighted by Crippen LogP contribution is 2.12. The zero-order valence-electron chi connectivity index (χ0n) is 38.2. The lowest BCUT2D eigenvalue weighted by molar-refractivity contribution is -0.167. The third-order valence-electron chi connectivity index (χ3n) is 9.35. The minimum absolute atomic E-state index is 0.112. The summed E-state index contributed by atoms with van der Waals surface area (Å²) in [6, 6.07) is 0. The average Bonchev–Trinajstić information content (AvgIpc) is 3.24. The van der Waals surface area contributed by atoms with E-state index in [0.29, 0.717) is 19.3 Å². The van der Waals surface area contributed by atoms with Gasteiger partial charge in [-0.25, -0.2) is 0 Å². The molecule has 0 aromatic rings. The highest BCUT2D eigenvalue weighted by molar-refractivity contribution is 5.71. The number of carbonyl (C=O) groups excluding carboxylic acids is 3. The van der Waals surface area contributed by atoms with Crippen LogP contribution < -0.4 is 0 Å². The molecule has 0 amide bonds. The Labute approximate surface area is 367 Å². The van der Waals surface area contributed by atoms with E-state index in [1.807, 2.05) is 42.5 Å². The lowest BCUT2D eigenvalue weighted by atomic mass is 10.1.